The molecule has 0 bridgehead atoms. The molecule has 0 aliphatic carbocycles. The third-order valence-corrected chi connectivity index (χ3v) is 1.99. The van der Waals surface area contributed by atoms with Gasteiger partial charge >= 0.3 is 0 Å². The van der Waals surface area contributed by atoms with Crippen molar-refractivity contribution >= 4 is 0 Å². The normalized spacial score (nSPS) is 10.5. The summed E-state index contributed by atoms with van der Waals surface area (Å²) >= 11 is 0. The monoisotopic (exact) mass is 214 g/mol. The number of H-pyrrole nitrogens is 2. The second kappa shape index (κ2) is 3.50. The van der Waals surface area contributed by atoms with Gasteiger partial charge in [-0.1, -0.05) is 0 Å². The summed E-state index contributed by atoms with van der Waals surface area (Å²) < 4.78 is 0. The van der Waals surface area contributed by atoms with Gasteiger partial charge in [-0.25, -0.2) is 0 Å². The summed E-state index contributed by atoms with van der Waals surface area (Å²) in [4.78, 5) is 0. The average Bonchev–Trinajstić information content (AvgIpc) is 3.03. The first-order valence-corrected chi connectivity index (χ1v) is 4.49. The quantitative estimate of drug-likeness (QED) is 0.623. The summed E-state index contributed by atoms with van der Waals surface area (Å²) in [6.07, 6.45) is 6.57. The molecule has 3 aromatic rings. The van der Waals surface area contributed by atoms with Gasteiger partial charge in [-0.2, -0.15) is 10.2 Å². The Morgan fingerprint density at radius 2 is 1.12 bits per heavy atom. The van der Waals surface area contributed by atoms with Crippen molar-refractivity contribution in [3.63, 3.8) is 0 Å². The standard InChI is InChI=1S/C8H6N8/c1-5(2-10-9-1)7-13-15-8(16-14-7)6-3-11-12-4-6/h1-4H,(H,9,10)(H,11,12). The molecule has 0 amide bonds. The highest BCUT2D eigenvalue weighted by atomic mass is 15.3. The van der Waals surface area contributed by atoms with Crippen molar-refractivity contribution in [1.29, 1.82) is 0 Å². The molecule has 0 atom stereocenters. The smallest absolute Gasteiger partial charge is 0.206 e. The zero-order valence-electron chi connectivity index (χ0n) is 7.99. The minimum Gasteiger partial charge on any atom is -0.285 e. The van der Waals surface area contributed by atoms with Crippen LogP contribution in [0.5, 0.6) is 0 Å². The van der Waals surface area contributed by atoms with Gasteiger partial charge in [-0.3, -0.25) is 10.2 Å². The highest BCUT2D eigenvalue weighted by Gasteiger charge is 2.07. The molecule has 0 radical (unpaired) electrons. The van der Waals surface area contributed by atoms with Crippen molar-refractivity contribution < 1.29 is 0 Å². The molecule has 3 heterocycles. The van der Waals surface area contributed by atoms with Crippen LogP contribution in [0.1, 0.15) is 0 Å². The van der Waals surface area contributed by atoms with E-state index in [-0.39, 0.29) is 0 Å². The topological polar surface area (TPSA) is 109 Å². The zero-order valence-corrected chi connectivity index (χ0v) is 7.99. The fourth-order valence-corrected chi connectivity index (χ4v) is 1.21. The third kappa shape index (κ3) is 1.41. The first-order valence-electron chi connectivity index (χ1n) is 4.49. The highest BCUT2D eigenvalue weighted by Crippen LogP contribution is 2.12. The molecule has 0 saturated heterocycles. The van der Waals surface area contributed by atoms with Crippen LogP contribution in [0.15, 0.2) is 24.8 Å². The first-order chi connectivity index (χ1) is 7.93. The van der Waals surface area contributed by atoms with Crippen molar-refractivity contribution in [2.75, 3.05) is 0 Å². The number of nitrogens with one attached hydrogen (secondary N) is 2. The van der Waals surface area contributed by atoms with Gasteiger partial charge in [0.2, 0.25) is 11.6 Å². The average molecular weight is 214 g/mol. The molecule has 0 fully saturated rings. The number of hydrogen-bond donors (Lipinski definition) is 2. The molecule has 3 aromatic heterocycles. The molecule has 0 aliphatic rings. The van der Waals surface area contributed by atoms with Crippen LogP contribution in [-0.2, 0) is 0 Å². The van der Waals surface area contributed by atoms with Crippen LogP contribution in [0.2, 0.25) is 0 Å². The Balaban J connectivity index is 1.97. The molecular formula is C8H6N8. The van der Waals surface area contributed by atoms with Crippen LogP contribution in [0, 0.1) is 0 Å². The van der Waals surface area contributed by atoms with Gasteiger partial charge in [0, 0.05) is 12.4 Å². The van der Waals surface area contributed by atoms with Gasteiger partial charge in [0.25, 0.3) is 0 Å². The zero-order chi connectivity index (χ0) is 10.8. The van der Waals surface area contributed by atoms with Gasteiger partial charge in [0.05, 0.1) is 23.5 Å². The van der Waals surface area contributed by atoms with Gasteiger partial charge in [0.1, 0.15) is 0 Å². The molecule has 0 aromatic carbocycles. The number of rotatable bonds is 2. The maximum absolute atomic E-state index is 3.95. The van der Waals surface area contributed by atoms with Gasteiger partial charge in [0.15, 0.2) is 0 Å². The highest BCUT2D eigenvalue weighted by molar-refractivity contribution is 5.53. The first kappa shape index (κ1) is 8.65. The van der Waals surface area contributed by atoms with E-state index in [1.807, 2.05) is 0 Å². The van der Waals surface area contributed by atoms with E-state index in [0.29, 0.717) is 11.6 Å². The molecule has 16 heavy (non-hydrogen) atoms. The van der Waals surface area contributed by atoms with Crippen LogP contribution in [-0.4, -0.2) is 40.8 Å². The Kier molecular flexibility index (Phi) is 1.89. The Hall–Kier alpha value is -2.64. The second-order valence-corrected chi connectivity index (χ2v) is 3.02. The fraction of sp³-hybridized carbons (Fsp3) is 0. The van der Waals surface area contributed by atoms with Crippen LogP contribution < -0.4 is 0 Å². The fourth-order valence-electron chi connectivity index (χ4n) is 1.21. The van der Waals surface area contributed by atoms with Gasteiger partial charge < -0.3 is 0 Å². The third-order valence-electron chi connectivity index (χ3n) is 1.99. The molecule has 0 saturated carbocycles. The lowest BCUT2D eigenvalue weighted by molar-refractivity contribution is 0.876. The summed E-state index contributed by atoms with van der Waals surface area (Å²) in [5.41, 5.74) is 1.50. The Bertz CT molecular complexity index is 499. The lowest BCUT2D eigenvalue weighted by Gasteiger charge is -1.94. The summed E-state index contributed by atoms with van der Waals surface area (Å²) in [5.74, 6) is 0.863. The van der Waals surface area contributed by atoms with Crippen LogP contribution in [0.4, 0.5) is 0 Å². The molecule has 3 rings (SSSR count). The Morgan fingerprint density at radius 3 is 1.44 bits per heavy atom. The van der Waals surface area contributed by atoms with Crippen molar-refractivity contribution in [2.24, 2.45) is 0 Å². The largest absolute Gasteiger partial charge is 0.285 e. The number of hydrogen-bond acceptors (Lipinski definition) is 6. The molecule has 78 valence electrons. The summed E-state index contributed by atoms with van der Waals surface area (Å²) in [5, 5.41) is 28.7. The molecule has 8 nitrogen and oxygen atoms in total. The summed E-state index contributed by atoms with van der Waals surface area (Å²) in [7, 11) is 0. The predicted octanol–water partition coefficient (Wildman–Crippen LogP) is 0.0468. The summed E-state index contributed by atoms with van der Waals surface area (Å²) in [6, 6.07) is 0. The number of nitrogens with zero attached hydrogens (tertiary/aromatic N) is 6. The molecule has 2 N–H and O–H groups in total. The maximum atomic E-state index is 3.95. The Morgan fingerprint density at radius 1 is 0.688 bits per heavy atom. The van der Waals surface area contributed by atoms with E-state index in [0.717, 1.165) is 11.1 Å². The van der Waals surface area contributed by atoms with E-state index in [4.69, 9.17) is 0 Å². The molecule has 0 unspecified atom stereocenters. The Labute approximate surface area is 89.2 Å². The van der Waals surface area contributed by atoms with E-state index >= 15 is 0 Å². The predicted molar refractivity (Wildman–Crippen MR) is 52.8 cm³/mol. The summed E-state index contributed by atoms with van der Waals surface area (Å²) in [6.45, 7) is 0. The van der Waals surface area contributed by atoms with Gasteiger partial charge in [-0.15, -0.1) is 20.4 Å². The molecule has 0 aliphatic heterocycles. The van der Waals surface area contributed by atoms with E-state index in [1.165, 1.54) is 0 Å². The van der Waals surface area contributed by atoms with Crippen molar-refractivity contribution in [2.45, 2.75) is 0 Å². The van der Waals surface area contributed by atoms with E-state index in [1.54, 1.807) is 24.8 Å². The van der Waals surface area contributed by atoms with Crippen LogP contribution in [0.25, 0.3) is 22.8 Å². The van der Waals surface area contributed by atoms with E-state index < -0.39 is 0 Å². The SMILES string of the molecule is c1n[nH]cc1-c1nnc(-c2cn[nH]c2)nn1. The number of aromatic nitrogens is 8. The second-order valence-electron chi connectivity index (χ2n) is 3.02. The van der Waals surface area contributed by atoms with Crippen molar-refractivity contribution in [3.05, 3.63) is 24.8 Å². The van der Waals surface area contributed by atoms with E-state index in [9.17, 15) is 0 Å². The van der Waals surface area contributed by atoms with Crippen molar-refractivity contribution in [3.8, 4) is 22.8 Å². The molecule has 0 spiro atoms. The van der Waals surface area contributed by atoms with E-state index in [2.05, 4.69) is 40.8 Å². The molecule has 8 heteroatoms. The van der Waals surface area contributed by atoms with Crippen molar-refractivity contribution in [1.82, 2.24) is 40.8 Å². The van der Waals surface area contributed by atoms with Crippen LogP contribution >= 0.6 is 0 Å². The van der Waals surface area contributed by atoms with Gasteiger partial charge in [-0.05, 0) is 0 Å². The maximum Gasteiger partial charge on any atom is 0.206 e. The minimum absolute atomic E-state index is 0.431. The van der Waals surface area contributed by atoms with Crippen LogP contribution in [0.3, 0.4) is 0 Å². The lowest BCUT2D eigenvalue weighted by atomic mass is 10.3. The molecular weight excluding hydrogens is 208 g/mol. The number of aromatic amines is 2. The lowest BCUT2D eigenvalue weighted by Crippen LogP contribution is -1.98. The minimum atomic E-state index is 0.431.